The lowest BCUT2D eigenvalue weighted by atomic mass is 10.9. The van der Waals surface area contributed by atoms with Gasteiger partial charge in [0.15, 0.2) is 0 Å². The van der Waals surface area contributed by atoms with Gasteiger partial charge in [-0.25, -0.2) is 0 Å². The predicted octanol–water partition coefficient (Wildman–Crippen LogP) is 4.47. The molecule has 0 aromatic rings. The van der Waals surface area contributed by atoms with Crippen LogP contribution >= 0.6 is 0 Å². The normalized spacial score (nSPS) is 13.1. The molecule has 0 radical (unpaired) electrons. The zero-order valence-corrected chi connectivity index (χ0v) is 12.3. The largest absolute Gasteiger partial charge is 0.107 e. The Morgan fingerprint density at radius 2 is 1.23 bits per heavy atom. The van der Waals surface area contributed by atoms with E-state index in [2.05, 4.69) is 47.0 Å². The van der Waals surface area contributed by atoms with Crippen LogP contribution in [-0.4, -0.2) is 16.1 Å². The monoisotopic (exact) mass is 214 g/mol. The van der Waals surface area contributed by atoms with Gasteiger partial charge in [0, 0.05) is 0 Å². The first kappa shape index (κ1) is 13.2. The van der Waals surface area contributed by atoms with Crippen molar-refractivity contribution in [2.24, 2.45) is 0 Å². The summed E-state index contributed by atoms with van der Waals surface area (Å²) in [6.45, 7) is 18.9. The minimum Gasteiger partial charge on any atom is -0.107 e. The molecule has 0 nitrogen and oxygen atoms in total. The average molecular weight is 215 g/mol. The fourth-order valence-corrected chi connectivity index (χ4v) is 12.9. The summed E-state index contributed by atoms with van der Waals surface area (Å²) in [4.78, 5) is 1.70. The maximum atomic E-state index is 4.43. The summed E-state index contributed by atoms with van der Waals surface area (Å²) in [6.07, 6.45) is 0. The standard InChI is InChI=1S/C11H26Si2/c1-8-13(9-2,10-3)11(4)12(5,6)7/h4,8-10H2,1-3,5-7H3. The Bertz CT molecular complexity index is 165. The lowest BCUT2D eigenvalue weighted by Crippen LogP contribution is -2.44. The fraction of sp³-hybridized carbons (Fsp3) is 0.818. The zero-order valence-electron chi connectivity index (χ0n) is 10.3. The van der Waals surface area contributed by atoms with E-state index in [1.54, 1.807) is 4.82 Å². The first-order valence-corrected chi connectivity index (χ1v) is 11.7. The molecule has 0 saturated carbocycles. The van der Waals surface area contributed by atoms with Crippen LogP contribution in [0.15, 0.2) is 11.4 Å². The Morgan fingerprint density at radius 1 is 0.923 bits per heavy atom. The molecule has 0 aliphatic carbocycles. The molecule has 2 heteroatoms. The highest BCUT2D eigenvalue weighted by molar-refractivity contribution is 7.05. The molecular formula is C11H26Si2. The highest BCUT2D eigenvalue weighted by atomic mass is 28.4. The highest BCUT2D eigenvalue weighted by Gasteiger charge is 2.36. The molecule has 13 heavy (non-hydrogen) atoms. The first-order chi connectivity index (χ1) is 5.84. The van der Waals surface area contributed by atoms with Crippen LogP contribution in [0.2, 0.25) is 37.8 Å². The van der Waals surface area contributed by atoms with Crippen LogP contribution in [0.4, 0.5) is 0 Å². The maximum absolute atomic E-state index is 4.43. The average Bonchev–Trinajstić information content (AvgIpc) is 2.07. The van der Waals surface area contributed by atoms with Crippen molar-refractivity contribution in [3.8, 4) is 0 Å². The van der Waals surface area contributed by atoms with Gasteiger partial charge in [-0.05, 0) is 0 Å². The van der Waals surface area contributed by atoms with Gasteiger partial charge >= 0.3 is 0 Å². The van der Waals surface area contributed by atoms with Crippen LogP contribution in [-0.2, 0) is 0 Å². The molecule has 0 bridgehead atoms. The summed E-state index contributed by atoms with van der Waals surface area (Å²) >= 11 is 0. The zero-order chi connectivity index (χ0) is 10.7. The van der Waals surface area contributed by atoms with Crippen LogP contribution in [0.25, 0.3) is 0 Å². The van der Waals surface area contributed by atoms with E-state index in [1.165, 1.54) is 18.1 Å². The molecule has 0 heterocycles. The van der Waals surface area contributed by atoms with E-state index in [0.717, 1.165) is 0 Å². The van der Waals surface area contributed by atoms with Gasteiger partial charge in [-0.2, -0.15) is 0 Å². The summed E-state index contributed by atoms with van der Waals surface area (Å²) < 4.78 is 0. The Labute approximate surface area is 86.5 Å². The predicted molar refractivity (Wildman–Crippen MR) is 69.7 cm³/mol. The second kappa shape index (κ2) is 4.60. The molecule has 0 aliphatic rings. The van der Waals surface area contributed by atoms with Gasteiger partial charge in [0.25, 0.3) is 0 Å². The summed E-state index contributed by atoms with van der Waals surface area (Å²) in [5.74, 6) is 0. The van der Waals surface area contributed by atoms with Gasteiger partial charge in [-0.1, -0.05) is 63.4 Å². The van der Waals surface area contributed by atoms with E-state index in [0.29, 0.717) is 0 Å². The van der Waals surface area contributed by atoms with Crippen molar-refractivity contribution in [3.63, 3.8) is 0 Å². The van der Waals surface area contributed by atoms with Crippen LogP contribution in [0.3, 0.4) is 0 Å². The van der Waals surface area contributed by atoms with Crippen molar-refractivity contribution in [3.05, 3.63) is 11.4 Å². The second-order valence-corrected chi connectivity index (χ2v) is 16.0. The van der Waals surface area contributed by atoms with Crippen molar-refractivity contribution in [2.75, 3.05) is 0 Å². The van der Waals surface area contributed by atoms with Crippen LogP contribution < -0.4 is 0 Å². The third-order valence-electron chi connectivity index (χ3n) is 3.58. The molecule has 0 rings (SSSR count). The smallest absolute Gasteiger partial charge is 0.0757 e. The summed E-state index contributed by atoms with van der Waals surface area (Å²) in [6, 6.07) is 4.18. The van der Waals surface area contributed by atoms with Gasteiger partial charge in [0.2, 0.25) is 0 Å². The maximum Gasteiger partial charge on any atom is 0.0757 e. The second-order valence-electron chi connectivity index (χ2n) is 5.07. The molecule has 0 fully saturated rings. The van der Waals surface area contributed by atoms with Crippen LogP contribution in [0, 0.1) is 0 Å². The van der Waals surface area contributed by atoms with Crippen molar-refractivity contribution < 1.29 is 0 Å². The lowest BCUT2D eigenvalue weighted by Gasteiger charge is -2.37. The molecular weight excluding hydrogens is 188 g/mol. The number of rotatable bonds is 5. The number of hydrogen-bond acceptors (Lipinski definition) is 0. The quantitative estimate of drug-likeness (QED) is 0.593. The van der Waals surface area contributed by atoms with Crippen molar-refractivity contribution in [1.82, 2.24) is 0 Å². The summed E-state index contributed by atoms with van der Waals surface area (Å²) in [7, 11) is -2.18. The third-order valence-corrected chi connectivity index (χ3v) is 14.6. The van der Waals surface area contributed by atoms with E-state index < -0.39 is 16.1 Å². The van der Waals surface area contributed by atoms with Crippen molar-refractivity contribution >= 4 is 16.1 Å². The first-order valence-electron chi connectivity index (χ1n) is 5.54. The Morgan fingerprint density at radius 3 is 1.31 bits per heavy atom. The fourth-order valence-electron chi connectivity index (χ4n) is 2.19. The van der Waals surface area contributed by atoms with Gasteiger partial charge in [0.05, 0.1) is 16.1 Å². The molecule has 0 amide bonds. The van der Waals surface area contributed by atoms with Gasteiger partial charge in [-0.15, -0.1) is 6.58 Å². The van der Waals surface area contributed by atoms with E-state index in [1.807, 2.05) is 0 Å². The molecule has 0 N–H and O–H groups in total. The SMILES string of the molecule is C=C([Si](C)(C)C)[Si](CC)(CC)CC. The summed E-state index contributed by atoms with van der Waals surface area (Å²) in [5, 5.41) is 0. The van der Waals surface area contributed by atoms with E-state index in [-0.39, 0.29) is 0 Å². The topological polar surface area (TPSA) is 0 Å². The van der Waals surface area contributed by atoms with Crippen LogP contribution in [0.5, 0.6) is 0 Å². The van der Waals surface area contributed by atoms with Gasteiger partial charge in [-0.3, -0.25) is 0 Å². The van der Waals surface area contributed by atoms with Crippen LogP contribution in [0.1, 0.15) is 20.8 Å². The number of hydrogen-bond donors (Lipinski definition) is 0. The van der Waals surface area contributed by atoms with Crippen molar-refractivity contribution in [1.29, 1.82) is 0 Å². The minimum absolute atomic E-state index is 1.09. The Hall–Kier alpha value is 0.174. The molecule has 0 aromatic heterocycles. The third kappa shape index (κ3) is 2.81. The van der Waals surface area contributed by atoms with Gasteiger partial charge < -0.3 is 0 Å². The lowest BCUT2D eigenvalue weighted by molar-refractivity contribution is 1.18. The molecule has 0 spiro atoms. The summed E-state index contributed by atoms with van der Waals surface area (Å²) in [5.41, 5.74) is 0. The molecule has 78 valence electrons. The Kier molecular flexibility index (Phi) is 4.66. The van der Waals surface area contributed by atoms with E-state index in [4.69, 9.17) is 0 Å². The minimum atomic E-state index is -1.09. The van der Waals surface area contributed by atoms with Crippen molar-refractivity contribution in [2.45, 2.75) is 58.5 Å². The molecule has 0 unspecified atom stereocenters. The molecule has 0 aromatic carbocycles. The molecule has 0 atom stereocenters. The molecule has 0 aliphatic heterocycles. The Balaban J connectivity index is 4.85. The van der Waals surface area contributed by atoms with E-state index >= 15 is 0 Å². The van der Waals surface area contributed by atoms with Gasteiger partial charge in [0.1, 0.15) is 0 Å². The molecule has 0 saturated heterocycles. The van der Waals surface area contributed by atoms with E-state index in [9.17, 15) is 0 Å². The highest BCUT2D eigenvalue weighted by Crippen LogP contribution is 2.33.